The zero-order chi connectivity index (χ0) is 12.7. The van der Waals surface area contributed by atoms with Crippen LogP contribution < -0.4 is 0 Å². The maximum absolute atomic E-state index is 11.8. The van der Waals surface area contributed by atoms with Crippen molar-refractivity contribution in [1.29, 1.82) is 0 Å². The highest BCUT2D eigenvalue weighted by Gasteiger charge is 2.30. The number of fused-ring (bicyclic) bond motifs is 1. The third-order valence-corrected chi connectivity index (χ3v) is 3.19. The van der Waals surface area contributed by atoms with Gasteiger partial charge in [-0.3, -0.25) is 9.36 Å². The van der Waals surface area contributed by atoms with Crippen LogP contribution in [0.2, 0.25) is 0 Å². The van der Waals surface area contributed by atoms with E-state index in [1.807, 2.05) is 13.8 Å². The van der Waals surface area contributed by atoms with Crippen molar-refractivity contribution in [2.24, 2.45) is 0 Å². The molecule has 0 fully saturated rings. The molecule has 1 aromatic rings. The Kier molecular flexibility index (Phi) is 2.65. The second-order valence-electron chi connectivity index (χ2n) is 4.13. The van der Waals surface area contributed by atoms with Crippen LogP contribution in [0.15, 0.2) is 6.08 Å². The number of ether oxygens (including phenoxy) is 1. The topological polar surface area (TPSA) is 48.3 Å². The third-order valence-electron chi connectivity index (χ3n) is 3.19. The minimum atomic E-state index is -0.373. The maximum atomic E-state index is 11.8. The average Bonchev–Trinajstić information content (AvgIpc) is 2.75. The molecule has 0 saturated heterocycles. The van der Waals surface area contributed by atoms with E-state index in [-0.39, 0.29) is 11.9 Å². The molecule has 0 atom stereocenters. The molecule has 0 unspecified atom stereocenters. The minimum absolute atomic E-state index is 0.0835. The van der Waals surface area contributed by atoms with Gasteiger partial charge < -0.3 is 4.74 Å². The van der Waals surface area contributed by atoms with Gasteiger partial charge in [-0.25, -0.2) is 4.79 Å². The quantitative estimate of drug-likeness (QED) is 0.736. The number of hydrogen-bond donors (Lipinski definition) is 0. The smallest absolute Gasteiger partial charge is 0.340 e. The summed E-state index contributed by atoms with van der Waals surface area (Å²) in [6.45, 7) is 5.63. The van der Waals surface area contributed by atoms with Crippen LogP contribution in [0.5, 0.6) is 0 Å². The molecule has 0 aromatic carbocycles. The van der Waals surface area contributed by atoms with Crippen LogP contribution in [-0.4, -0.2) is 23.6 Å². The molecular weight excluding hydrogens is 218 g/mol. The Balaban J connectivity index is 2.77. The van der Waals surface area contributed by atoms with Crippen molar-refractivity contribution < 1.29 is 14.3 Å². The van der Waals surface area contributed by atoms with E-state index in [1.165, 1.54) is 7.11 Å². The van der Waals surface area contributed by atoms with Crippen molar-refractivity contribution in [2.45, 2.75) is 27.2 Å². The fourth-order valence-corrected chi connectivity index (χ4v) is 2.48. The number of nitrogens with zero attached hydrogens (tertiary/aromatic N) is 1. The number of hydrogen-bond acceptors (Lipinski definition) is 3. The van der Waals surface area contributed by atoms with Crippen LogP contribution in [0.25, 0.3) is 5.57 Å². The van der Waals surface area contributed by atoms with Gasteiger partial charge in [0, 0.05) is 11.8 Å². The molecule has 17 heavy (non-hydrogen) atoms. The Morgan fingerprint density at radius 1 is 1.41 bits per heavy atom. The van der Waals surface area contributed by atoms with Crippen molar-refractivity contribution in [2.75, 3.05) is 7.11 Å². The maximum Gasteiger partial charge on any atom is 0.340 e. The van der Waals surface area contributed by atoms with Crippen LogP contribution in [0.4, 0.5) is 0 Å². The highest BCUT2D eigenvalue weighted by Crippen LogP contribution is 2.33. The Morgan fingerprint density at radius 2 is 2.06 bits per heavy atom. The molecule has 0 spiro atoms. The van der Waals surface area contributed by atoms with E-state index < -0.39 is 0 Å². The number of allylic oxidation sites excluding steroid dienone is 2. The van der Waals surface area contributed by atoms with Gasteiger partial charge in [0.1, 0.15) is 0 Å². The van der Waals surface area contributed by atoms with Crippen molar-refractivity contribution >= 4 is 17.4 Å². The zero-order valence-corrected chi connectivity index (χ0v) is 10.5. The monoisotopic (exact) mass is 233 g/mol. The molecule has 0 saturated carbocycles. The van der Waals surface area contributed by atoms with E-state index in [1.54, 1.807) is 17.6 Å². The standard InChI is InChI=1S/C13H15NO3/c1-5-9-11(13(16)17-4)8(3)14-10(15)6-7(2)12(9)14/h6H,5H2,1-4H3. The zero-order valence-electron chi connectivity index (χ0n) is 10.5. The number of carbonyl (C=O) groups excluding carboxylic acids is 2. The first-order chi connectivity index (χ1) is 8.02. The summed E-state index contributed by atoms with van der Waals surface area (Å²) in [7, 11) is 1.36. The molecule has 0 aliphatic carbocycles. The molecule has 4 nitrogen and oxygen atoms in total. The molecule has 90 valence electrons. The molecule has 0 radical (unpaired) electrons. The van der Waals surface area contributed by atoms with Gasteiger partial charge in [-0.15, -0.1) is 0 Å². The predicted molar refractivity (Wildman–Crippen MR) is 64.2 cm³/mol. The Labute approximate surface area is 99.9 Å². The first kappa shape index (κ1) is 11.6. The van der Waals surface area contributed by atoms with Gasteiger partial charge in [-0.05, 0) is 31.4 Å². The van der Waals surface area contributed by atoms with Crippen molar-refractivity contribution in [3.63, 3.8) is 0 Å². The van der Waals surface area contributed by atoms with Gasteiger partial charge in [-0.2, -0.15) is 0 Å². The lowest BCUT2D eigenvalue weighted by Gasteiger charge is -2.03. The van der Waals surface area contributed by atoms with E-state index in [0.29, 0.717) is 17.7 Å². The van der Waals surface area contributed by atoms with Crippen molar-refractivity contribution in [3.8, 4) is 0 Å². The van der Waals surface area contributed by atoms with Gasteiger partial charge in [-0.1, -0.05) is 6.92 Å². The number of methoxy groups -OCH3 is 1. The summed E-state index contributed by atoms with van der Waals surface area (Å²) in [6.07, 6.45) is 2.30. The summed E-state index contributed by atoms with van der Waals surface area (Å²) in [5.41, 5.74) is 3.86. The van der Waals surface area contributed by atoms with Gasteiger partial charge >= 0.3 is 5.97 Å². The van der Waals surface area contributed by atoms with E-state index >= 15 is 0 Å². The van der Waals surface area contributed by atoms with E-state index in [2.05, 4.69) is 0 Å². The Morgan fingerprint density at radius 3 is 2.59 bits per heavy atom. The summed E-state index contributed by atoms with van der Waals surface area (Å²) in [5.74, 6) is -0.457. The highest BCUT2D eigenvalue weighted by atomic mass is 16.5. The first-order valence-electron chi connectivity index (χ1n) is 5.58. The largest absolute Gasteiger partial charge is 0.465 e. The number of rotatable bonds is 2. The van der Waals surface area contributed by atoms with Crippen LogP contribution in [0, 0.1) is 6.92 Å². The molecule has 1 aliphatic heterocycles. The fourth-order valence-electron chi connectivity index (χ4n) is 2.48. The first-order valence-corrected chi connectivity index (χ1v) is 5.58. The molecule has 1 aromatic heterocycles. The van der Waals surface area contributed by atoms with Gasteiger partial charge in [0.2, 0.25) is 0 Å². The summed E-state index contributed by atoms with van der Waals surface area (Å²) >= 11 is 0. The Bertz CT molecular complexity index is 550. The van der Waals surface area contributed by atoms with Crippen LogP contribution in [-0.2, 0) is 11.2 Å². The number of esters is 1. The van der Waals surface area contributed by atoms with Gasteiger partial charge in [0.25, 0.3) is 5.91 Å². The van der Waals surface area contributed by atoms with E-state index in [9.17, 15) is 9.59 Å². The molecule has 2 rings (SSSR count). The molecule has 0 N–H and O–H groups in total. The molecule has 0 bridgehead atoms. The minimum Gasteiger partial charge on any atom is -0.465 e. The summed E-state index contributed by atoms with van der Waals surface area (Å²) in [6, 6.07) is 0. The third kappa shape index (κ3) is 1.44. The molecule has 2 heterocycles. The SMILES string of the molecule is CCc1c(C(=O)OC)c(C)n2c1C(C)=CC2=O. The summed E-state index contributed by atoms with van der Waals surface area (Å²) in [5, 5.41) is 0. The lowest BCUT2D eigenvalue weighted by molar-refractivity contribution is 0.0599. The van der Waals surface area contributed by atoms with Gasteiger partial charge in [0.15, 0.2) is 0 Å². The molecule has 1 aliphatic rings. The average molecular weight is 233 g/mol. The van der Waals surface area contributed by atoms with Crippen LogP contribution in [0.1, 0.15) is 46.0 Å². The molecule has 4 heteroatoms. The van der Waals surface area contributed by atoms with E-state index in [4.69, 9.17) is 4.74 Å². The highest BCUT2D eigenvalue weighted by molar-refractivity contribution is 6.07. The number of aromatic nitrogens is 1. The number of carbonyl (C=O) groups is 2. The second-order valence-corrected chi connectivity index (χ2v) is 4.13. The van der Waals surface area contributed by atoms with Crippen molar-refractivity contribution in [1.82, 2.24) is 4.57 Å². The molecular formula is C13H15NO3. The van der Waals surface area contributed by atoms with Crippen LogP contribution >= 0.6 is 0 Å². The summed E-state index contributed by atoms with van der Waals surface area (Å²) < 4.78 is 6.38. The lowest BCUT2D eigenvalue weighted by Crippen LogP contribution is -2.09. The fraction of sp³-hybridized carbons (Fsp3) is 0.385. The Hall–Kier alpha value is -1.84. The normalized spacial score (nSPS) is 13.6. The lowest BCUT2D eigenvalue weighted by atomic mass is 10.0. The van der Waals surface area contributed by atoms with Gasteiger partial charge in [0.05, 0.1) is 18.4 Å². The predicted octanol–water partition coefficient (Wildman–Crippen LogP) is 2.20. The summed E-state index contributed by atoms with van der Waals surface area (Å²) in [4.78, 5) is 23.6. The van der Waals surface area contributed by atoms with Crippen molar-refractivity contribution in [3.05, 3.63) is 28.6 Å². The van der Waals surface area contributed by atoms with Crippen LogP contribution in [0.3, 0.4) is 0 Å². The second kappa shape index (κ2) is 3.87. The molecule has 0 amide bonds. The van der Waals surface area contributed by atoms with E-state index in [0.717, 1.165) is 16.8 Å².